The first kappa shape index (κ1) is 15.5. The molecule has 2 aromatic rings. The molecular formula is C16H15NO5S. The summed E-state index contributed by atoms with van der Waals surface area (Å²) in [7, 11) is 0. The Bertz CT molecular complexity index is 755. The van der Waals surface area contributed by atoms with Gasteiger partial charge in [0.15, 0.2) is 11.7 Å². The summed E-state index contributed by atoms with van der Waals surface area (Å²) in [6, 6.07) is 8.58. The third-order valence-corrected chi connectivity index (χ3v) is 4.00. The zero-order chi connectivity index (χ0) is 16.4. The van der Waals surface area contributed by atoms with Gasteiger partial charge in [0, 0.05) is 0 Å². The van der Waals surface area contributed by atoms with Gasteiger partial charge in [-0.15, -0.1) is 0 Å². The van der Waals surface area contributed by atoms with Crippen molar-refractivity contribution in [3.63, 3.8) is 0 Å². The molecule has 1 aliphatic heterocycles. The molecule has 1 aromatic carbocycles. The summed E-state index contributed by atoms with van der Waals surface area (Å²) in [4.78, 5) is 23.4. The van der Waals surface area contributed by atoms with Gasteiger partial charge in [0.1, 0.15) is 11.9 Å². The number of hydrogen-bond donors (Lipinski definition) is 1. The summed E-state index contributed by atoms with van der Waals surface area (Å²) in [5.41, 5.74) is 1.32. The highest BCUT2D eigenvalue weighted by Gasteiger charge is 2.20. The third kappa shape index (κ3) is 3.34. The number of benzene rings is 1. The maximum atomic E-state index is 12.1. The number of amides is 1. The Morgan fingerprint density at radius 2 is 2.17 bits per heavy atom. The van der Waals surface area contributed by atoms with Gasteiger partial charge in [0.25, 0.3) is 5.91 Å². The lowest BCUT2D eigenvalue weighted by Gasteiger charge is -2.20. The standard InChI is InChI=1S/C16H15NO5S/c1-9(21-16(19)13-5-6-15(22-13)23-2)10-3-4-12-11(7-10)17-14(18)8-20-12/h3-7,9H,8H2,1-2H3,(H,17,18)/t9-/m1/s1. The van der Waals surface area contributed by atoms with Crippen LogP contribution in [0.15, 0.2) is 39.8 Å². The average Bonchev–Trinajstić information content (AvgIpc) is 3.03. The summed E-state index contributed by atoms with van der Waals surface area (Å²) in [6.45, 7) is 1.76. The molecule has 23 heavy (non-hydrogen) atoms. The lowest BCUT2D eigenvalue weighted by molar-refractivity contribution is -0.118. The van der Waals surface area contributed by atoms with Crippen molar-refractivity contribution in [2.45, 2.75) is 18.1 Å². The number of carbonyl (C=O) groups excluding carboxylic acids is 2. The van der Waals surface area contributed by atoms with E-state index in [1.54, 1.807) is 37.3 Å². The van der Waals surface area contributed by atoms with E-state index in [0.29, 0.717) is 16.5 Å². The molecular weight excluding hydrogens is 318 g/mol. The van der Waals surface area contributed by atoms with Crippen molar-refractivity contribution in [3.05, 3.63) is 41.7 Å². The molecule has 120 valence electrons. The number of carbonyl (C=O) groups is 2. The number of nitrogens with one attached hydrogen (secondary N) is 1. The summed E-state index contributed by atoms with van der Waals surface area (Å²) in [5.74, 6) is 0.0219. The van der Waals surface area contributed by atoms with Crippen LogP contribution >= 0.6 is 11.8 Å². The SMILES string of the molecule is CSc1ccc(C(=O)O[C@H](C)c2ccc3c(c2)NC(=O)CO3)o1. The van der Waals surface area contributed by atoms with Crippen molar-refractivity contribution in [1.82, 2.24) is 0 Å². The molecule has 0 bridgehead atoms. The molecule has 1 atom stereocenters. The van der Waals surface area contributed by atoms with Crippen molar-refractivity contribution >= 4 is 29.3 Å². The second kappa shape index (κ2) is 6.37. The maximum absolute atomic E-state index is 12.1. The minimum atomic E-state index is -0.532. The van der Waals surface area contributed by atoms with E-state index in [2.05, 4.69) is 5.32 Å². The van der Waals surface area contributed by atoms with Gasteiger partial charge in [-0.2, -0.15) is 0 Å². The highest BCUT2D eigenvalue weighted by Crippen LogP contribution is 2.32. The van der Waals surface area contributed by atoms with Crippen LogP contribution in [-0.2, 0) is 9.53 Å². The summed E-state index contributed by atoms with van der Waals surface area (Å²) in [5, 5.41) is 3.38. The molecule has 0 radical (unpaired) electrons. The fraction of sp³-hybridized carbons (Fsp3) is 0.250. The molecule has 0 fully saturated rings. The number of fused-ring (bicyclic) bond motifs is 1. The van der Waals surface area contributed by atoms with Gasteiger partial charge < -0.3 is 19.2 Å². The number of ether oxygens (including phenoxy) is 2. The predicted octanol–water partition coefficient (Wildman–Crippen LogP) is 3.25. The van der Waals surface area contributed by atoms with Gasteiger partial charge in [-0.3, -0.25) is 4.79 Å². The average molecular weight is 333 g/mol. The van der Waals surface area contributed by atoms with Crippen LogP contribution in [0.3, 0.4) is 0 Å². The molecule has 0 aliphatic carbocycles. The van der Waals surface area contributed by atoms with E-state index >= 15 is 0 Å². The maximum Gasteiger partial charge on any atom is 0.374 e. The number of furan rings is 1. The molecule has 7 heteroatoms. The van der Waals surface area contributed by atoms with Crippen molar-refractivity contribution in [2.24, 2.45) is 0 Å². The van der Waals surface area contributed by atoms with Crippen molar-refractivity contribution in [1.29, 1.82) is 0 Å². The molecule has 1 amide bonds. The lowest BCUT2D eigenvalue weighted by Crippen LogP contribution is -2.25. The first-order valence-electron chi connectivity index (χ1n) is 6.98. The molecule has 0 saturated heterocycles. The molecule has 0 saturated carbocycles. The van der Waals surface area contributed by atoms with Crippen LogP contribution in [0, 0.1) is 0 Å². The van der Waals surface area contributed by atoms with Crippen LogP contribution in [0.4, 0.5) is 5.69 Å². The van der Waals surface area contributed by atoms with Crippen LogP contribution < -0.4 is 10.1 Å². The first-order chi connectivity index (χ1) is 11.1. The normalized spacial score (nSPS) is 14.4. The number of thioether (sulfide) groups is 1. The lowest BCUT2D eigenvalue weighted by atomic mass is 10.1. The minimum absolute atomic E-state index is 0.00710. The molecule has 1 aliphatic rings. The Balaban J connectivity index is 1.73. The smallest absolute Gasteiger partial charge is 0.374 e. The summed E-state index contributed by atoms with van der Waals surface area (Å²) >= 11 is 1.41. The van der Waals surface area contributed by atoms with Crippen LogP contribution in [0.25, 0.3) is 0 Å². The Morgan fingerprint density at radius 3 is 2.91 bits per heavy atom. The van der Waals surface area contributed by atoms with Crippen LogP contribution in [-0.4, -0.2) is 24.7 Å². The van der Waals surface area contributed by atoms with E-state index in [9.17, 15) is 9.59 Å². The highest BCUT2D eigenvalue weighted by atomic mass is 32.2. The Hall–Kier alpha value is -2.41. The minimum Gasteiger partial charge on any atom is -0.482 e. The molecule has 0 unspecified atom stereocenters. The van der Waals surface area contributed by atoms with E-state index in [0.717, 1.165) is 5.56 Å². The number of anilines is 1. The molecule has 0 spiro atoms. The van der Waals surface area contributed by atoms with Gasteiger partial charge in [-0.1, -0.05) is 17.8 Å². The fourth-order valence-electron chi connectivity index (χ4n) is 2.18. The van der Waals surface area contributed by atoms with Crippen LogP contribution in [0.5, 0.6) is 5.75 Å². The molecule has 6 nitrogen and oxygen atoms in total. The predicted molar refractivity (Wildman–Crippen MR) is 84.9 cm³/mol. The van der Waals surface area contributed by atoms with E-state index in [1.165, 1.54) is 11.8 Å². The topological polar surface area (TPSA) is 77.8 Å². The summed E-state index contributed by atoms with van der Waals surface area (Å²) < 4.78 is 16.0. The van der Waals surface area contributed by atoms with Gasteiger partial charge in [0.05, 0.1) is 5.69 Å². The first-order valence-corrected chi connectivity index (χ1v) is 8.20. The number of esters is 1. The molecule has 3 rings (SSSR count). The van der Waals surface area contributed by atoms with E-state index in [1.807, 2.05) is 6.26 Å². The highest BCUT2D eigenvalue weighted by molar-refractivity contribution is 7.98. The van der Waals surface area contributed by atoms with Crippen molar-refractivity contribution in [3.8, 4) is 5.75 Å². The quantitative estimate of drug-likeness (QED) is 0.683. The van der Waals surface area contributed by atoms with E-state index < -0.39 is 12.1 Å². The molecule has 1 N–H and O–H groups in total. The third-order valence-electron chi connectivity index (χ3n) is 3.37. The van der Waals surface area contributed by atoms with Crippen LogP contribution in [0.2, 0.25) is 0 Å². The number of hydrogen-bond acceptors (Lipinski definition) is 6. The van der Waals surface area contributed by atoms with Crippen molar-refractivity contribution < 1.29 is 23.5 Å². The Morgan fingerprint density at radius 1 is 1.35 bits per heavy atom. The van der Waals surface area contributed by atoms with Gasteiger partial charge in [-0.25, -0.2) is 4.79 Å². The van der Waals surface area contributed by atoms with Crippen LogP contribution in [0.1, 0.15) is 29.1 Å². The van der Waals surface area contributed by atoms with Gasteiger partial charge >= 0.3 is 5.97 Å². The Kier molecular flexibility index (Phi) is 4.29. The van der Waals surface area contributed by atoms with Gasteiger partial charge in [0.2, 0.25) is 5.76 Å². The fourth-order valence-corrected chi connectivity index (χ4v) is 2.56. The Labute approximate surface area is 137 Å². The monoisotopic (exact) mass is 333 g/mol. The van der Waals surface area contributed by atoms with E-state index in [4.69, 9.17) is 13.9 Å². The van der Waals surface area contributed by atoms with Gasteiger partial charge in [-0.05, 0) is 43.0 Å². The number of rotatable bonds is 4. The summed E-state index contributed by atoms with van der Waals surface area (Å²) in [6.07, 6.45) is 1.37. The van der Waals surface area contributed by atoms with Crippen molar-refractivity contribution in [2.75, 3.05) is 18.2 Å². The zero-order valence-electron chi connectivity index (χ0n) is 12.6. The zero-order valence-corrected chi connectivity index (χ0v) is 13.4. The largest absolute Gasteiger partial charge is 0.482 e. The second-order valence-corrected chi connectivity index (χ2v) is 5.77. The molecule has 2 heterocycles. The second-order valence-electron chi connectivity index (χ2n) is 4.96. The molecule has 1 aromatic heterocycles. The van der Waals surface area contributed by atoms with E-state index in [-0.39, 0.29) is 18.3 Å².